The number of fused-ring (bicyclic) bond motifs is 1. The zero-order valence-electron chi connectivity index (χ0n) is 10.6. The van der Waals surface area contributed by atoms with E-state index in [1.165, 1.54) is 12.1 Å². The lowest BCUT2D eigenvalue weighted by atomic mass is 10.1. The summed E-state index contributed by atoms with van der Waals surface area (Å²) < 4.78 is 10.7. The number of hydrogen-bond acceptors (Lipinski definition) is 4. The van der Waals surface area contributed by atoms with Gasteiger partial charge in [-0.2, -0.15) is 0 Å². The maximum atomic E-state index is 12.0. The van der Waals surface area contributed by atoms with Crippen LogP contribution in [-0.4, -0.2) is 36.2 Å². The van der Waals surface area contributed by atoms with Gasteiger partial charge in [-0.25, -0.2) is 4.79 Å². The van der Waals surface area contributed by atoms with Gasteiger partial charge < -0.3 is 19.9 Å². The highest BCUT2D eigenvalue weighted by atomic mass is 16.6. The molecule has 1 aromatic rings. The fraction of sp³-hybridized carbons (Fsp3) is 0.286. The number of carboxylic acid groups (broad SMARTS) is 1. The summed E-state index contributed by atoms with van der Waals surface area (Å²) in [4.78, 5) is 22.9. The minimum atomic E-state index is -1.17. The van der Waals surface area contributed by atoms with E-state index in [4.69, 9.17) is 21.0 Å². The van der Waals surface area contributed by atoms with Crippen molar-refractivity contribution in [1.29, 1.82) is 0 Å². The van der Waals surface area contributed by atoms with Gasteiger partial charge in [0.2, 0.25) is 0 Å². The van der Waals surface area contributed by atoms with Gasteiger partial charge in [-0.3, -0.25) is 4.79 Å². The number of terminal acetylenes is 1. The molecule has 0 radical (unpaired) electrons. The van der Waals surface area contributed by atoms with E-state index in [1.54, 1.807) is 6.07 Å². The molecule has 1 aromatic carbocycles. The second-order valence-corrected chi connectivity index (χ2v) is 4.13. The van der Waals surface area contributed by atoms with E-state index in [1.807, 2.05) is 0 Å². The number of nitrogens with one attached hydrogen (secondary N) is 1. The number of carbonyl (C=O) groups is 2. The standard InChI is InChI=1S/C14H13NO5/c1-2-3-10(14(17)18)15-13(16)9-4-5-11-12(8-9)20-7-6-19-11/h1,4-5,8,10H,3,6-7H2,(H,15,16)(H,17,18). The van der Waals surface area contributed by atoms with Gasteiger partial charge >= 0.3 is 5.97 Å². The highest BCUT2D eigenvalue weighted by molar-refractivity contribution is 5.97. The molecule has 2 rings (SSSR count). The van der Waals surface area contributed by atoms with E-state index in [0.717, 1.165) is 0 Å². The van der Waals surface area contributed by atoms with Crippen molar-refractivity contribution >= 4 is 11.9 Å². The zero-order valence-corrected chi connectivity index (χ0v) is 10.6. The highest BCUT2D eigenvalue weighted by Crippen LogP contribution is 2.30. The van der Waals surface area contributed by atoms with Crippen molar-refractivity contribution in [2.24, 2.45) is 0 Å². The van der Waals surface area contributed by atoms with Crippen LogP contribution in [0.3, 0.4) is 0 Å². The lowest BCUT2D eigenvalue weighted by Crippen LogP contribution is -2.40. The van der Waals surface area contributed by atoms with Gasteiger partial charge in [-0.15, -0.1) is 12.3 Å². The molecular weight excluding hydrogens is 262 g/mol. The molecule has 2 N–H and O–H groups in total. The fourth-order valence-corrected chi connectivity index (χ4v) is 1.74. The SMILES string of the molecule is C#CCC(NC(=O)c1ccc2c(c1)OCCO2)C(=O)O. The van der Waals surface area contributed by atoms with Crippen molar-refractivity contribution in [3.63, 3.8) is 0 Å². The van der Waals surface area contributed by atoms with Crippen LogP contribution in [0.1, 0.15) is 16.8 Å². The van der Waals surface area contributed by atoms with E-state index in [2.05, 4.69) is 11.2 Å². The van der Waals surface area contributed by atoms with Gasteiger partial charge in [0.05, 0.1) is 0 Å². The molecule has 20 heavy (non-hydrogen) atoms. The summed E-state index contributed by atoms with van der Waals surface area (Å²) in [5.74, 6) is 1.55. The highest BCUT2D eigenvalue weighted by Gasteiger charge is 2.21. The number of amides is 1. The number of ether oxygens (including phenoxy) is 2. The number of rotatable bonds is 4. The second-order valence-electron chi connectivity index (χ2n) is 4.13. The lowest BCUT2D eigenvalue weighted by molar-refractivity contribution is -0.139. The smallest absolute Gasteiger partial charge is 0.327 e. The van der Waals surface area contributed by atoms with Crippen LogP contribution in [0.4, 0.5) is 0 Å². The first-order valence-corrected chi connectivity index (χ1v) is 5.98. The van der Waals surface area contributed by atoms with Crippen LogP contribution in [0.5, 0.6) is 11.5 Å². The molecule has 1 amide bonds. The largest absolute Gasteiger partial charge is 0.486 e. The molecule has 0 saturated carbocycles. The molecule has 6 heteroatoms. The quantitative estimate of drug-likeness (QED) is 0.789. The minimum absolute atomic E-state index is 0.0778. The molecule has 0 aromatic heterocycles. The lowest BCUT2D eigenvalue weighted by Gasteiger charge is -2.19. The van der Waals surface area contributed by atoms with E-state index >= 15 is 0 Å². The molecule has 0 aliphatic carbocycles. The predicted molar refractivity (Wildman–Crippen MR) is 69.8 cm³/mol. The van der Waals surface area contributed by atoms with Crippen LogP contribution < -0.4 is 14.8 Å². The summed E-state index contributed by atoms with van der Waals surface area (Å²) in [6, 6.07) is 3.55. The average Bonchev–Trinajstić information content (AvgIpc) is 2.46. The third-order valence-electron chi connectivity index (χ3n) is 2.73. The first-order valence-electron chi connectivity index (χ1n) is 5.98. The summed E-state index contributed by atoms with van der Waals surface area (Å²) in [5, 5.41) is 11.3. The molecule has 6 nitrogen and oxygen atoms in total. The van der Waals surface area contributed by atoms with Crippen molar-refractivity contribution in [3.05, 3.63) is 23.8 Å². The monoisotopic (exact) mass is 275 g/mol. The summed E-state index contributed by atoms with van der Waals surface area (Å²) in [6.07, 6.45) is 4.99. The Kier molecular flexibility index (Phi) is 4.11. The Balaban J connectivity index is 2.13. The molecule has 1 atom stereocenters. The molecule has 1 heterocycles. The average molecular weight is 275 g/mol. The van der Waals surface area contributed by atoms with Gasteiger partial charge in [0.1, 0.15) is 19.3 Å². The van der Waals surface area contributed by atoms with Crippen molar-refractivity contribution in [1.82, 2.24) is 5.32 Å². The normalized spacial score (nSPS) is 13.9. The number of hydrogen-bond donors (Lipinski definition) is 2. The number of benzene rings is 1. The summed E-state index contributed by atoms with van der Waals surface area (Å²) in [6.45, 7) is 0.870. The van der Waals surface area contributed by atoms with Crippen LogP contribution in [0.25, 0.3) is 0 Å². The molecule has 1 aliphatic rings. The van der Waals surface area contributed by atoms with Gasteiger partial charge in [0, 0.05) is 12.0 Å². The van der Waals surface area contributed by atoms with Crippen LogP contribution >= 0.6 is 0 Å². The van der Waals surface area contributed by atoms with Gasteiger partial charge in [0.15, 0.2) is 11.5 Å². The molecule has 0 spiro atoms. The zero-order chi connectivity index (χ0) is 14.5. The molecule has 1 aliphatic heterocycles. The number of carboxylic acids is 1. The molecular formula is C14H13NO5. The Bertz CT molecular complexity index is 575. The summed E-state index contributed by atoms with van der Waals surface area (Å²) >= 11 is 0. The van der Waals surface area contributed by atoms with Gasteiger partial charge in [-0.1, -0.05) is 0 Å². The number of aliphatic carboxylic acids is 1. The molecule has 0 bridgehead atoms. The minimum Gasteiger partial charge on any atom is -0.486 e. The summed E-state index contributed by atoms with van der Waals surface area (Å²) in [7, 11) is 0. The first-order chi connectivity index (χ1) is 9.61. The van der Waals surface area contributed by atoms with Gasteiger partial charge in [0.25, 0.3) is 5.91 Å². The second kappa shape index (κ2) is 5.97. The molecule has 0 fully saturated rings. The Morgan fingerprint density at radius 1 is 1.35 bits per heavy atom. The van der Waals surface area contributed by atoms with Crippen molar-refractivity contribution in [2.75, 3.05) is 13.2 Å². The molecule has 104 valence electrons. The maximum Gasteiger partial charge on any atom is 0.327 e. The first kappa shape index (κ1) is 13.7. The fourth-order valence-electron chi connectivity index (χ4n) is 1.74. The van der Waals surface area contributed by atoms with Crippen LogP contribution in [0, 0.1) is 12.3 Å². The Labute approximate surface area is 115 Å². The molecule has 1 unspecified atom stereocenters. The van der Waals surface area contributed by atoms with Crippen molar-refractivity contribution < 1.29 is 24.2 Å². The van der Waals surface area contributed by atoms with Crippen LogP contribution in [0.15, 0.2) is 18.2 Å². The summed E-state index contributed by atoms with van der Waals surface area (Å²) in [5.41, 5.74) is 0.289. The van der Waals surface area contributed by atoms with E-state index in [9.17, 15) is 9.59 Å². The predicted octanol–water partition coefficient (Wildman–Crippen LogP) is 0.664. The van der Waals surface area contributed by atoms with Gasteiger partial charge in [-0.05, 0) is 18.2 Å². The Morgan fingerprint density at radius 3 is 2.70 bits per heavy atom. The maximum absolute atomic E-state index is 12.0. The van der Waals surface area contributed by atoms with Crippen LogP contribution in [-0.2, 0) is 4.79 Å². The van der Waals surface area contributed by atoms with E-state index in [0.29, 0.717) is 24.7 Å². The topological polar surface area (TPSA) is 84.9 Å². The Hall–Kier alpha value is -2.68. The van der Waals surface area contributed by atoms with Crippen LogP contribution in [0.2, 0.25) is 0 Å². The third kappa shape index (κ3) is 3.01. The third-order valence-corrected chi connectivity index (χ3v) is 2.73. The van der Waals surface area contributed by atoms with Crippen molar-refractivity contribution in [2.45, 2.75) is 12.5 Å². The van der Waals surface area contributed by atoms with E-state index < -0.39 is 17.9 Å². The van der Waals surface area contributed by atoms with E-state index in [-0.39, 0.29) is 12.0 Å². The molecule has 0 saturated heterocycles. The number of carbonyl (C=O) groups excluding carboxylic acids is 1. The van der Waals surface area contributed by atoms with Crippen molar-refractivity contribution in [3.8, 4) is 23.8 Å². The Morgan fingerprint density at radius 2 is 2.05 bits per heavy atom.